The quantitative estimate of drug-likeness (QED) is 0.876. The Morgan fingerprint density at radius 3 is 2.40 bits per heavy atom. The molecule has 0 amide bonds. The molecule has 0 heterocycles. The van der Waals surface area contributed by atoms with Gasteiger partial charge >= 0.3 is 0 Å². The maximum atomic E-state index is 5.94. The number of hydrogen-bond acceptors (Lipinski definition) is 3. The number of methoxy groups -OCH3 is 1. The molecule has 106 valence electrons. The first-order valence-electron chi connectivity index (χ1n) is 6.81. The van der Waals surface area contributed by atoms with Crippen molar-refractivity contribution in [3.63, 3.8) is 0 Å². The predicted octanol–water partition coefficient (Wildman–Crippen LogP) is 3.34. The van der Waals surface area contributed by atoms with Crippen LogP contribution in [0.25, 0.3) is 0 Å². The van der Waals surface area contributed by atoms with Crippen LogP contribution in [-0.2, 0) is 6.42 Å². The van der Waals surface area contributed by atoms with Crippen LogP contribution < -0.4 is 15.2 Å². The molecule has 3 nitrogen and oxygen atoms in total. The first kappa shape index (κ1) is 14.4. The topological polar surface area (TPSA) is 44.5 Å². The second-order valence-corrected chi connectivity index (χ2v) is 4.77. The van der Waals surface area contributed by atoms with Crippen LogP contribution in [0, 0.1) is 0 Å². The van der Waals surface area contributed by atoms with Crippen molar-refractivity contribution in [2.75, 3.05) is 13.7 Å². The van der Waals surface area contributed by atoms with Gasteiger partial charge in [-0.15, -0.1) is 0 Å². The number of para-hydroxylation sites is 1. The number of hydrogen-bond donors (Lipinski definition) is 1. The maximum Gasteiger partial charge on any atom is 0.124 e. The van der Waals surface area contributed by atoms with Crippen LogP contribution in [-0.4, -0.2) is 13.7 Å². The normalized spacial score (nSPS) is 11.9. The fourth-order valence-electron chi connectivity index (χ4n) is 2.06. The molecule has 20 heavy (non-hydrogen) atoms. The van der Waals surface area contributed by atoms with Gasteiger partial charge in [0.15, 0.2) is 0 Å². The van der Waals surface area contributed by atoms with Crippen LogP contribution in [0.5, 0.6) is 11.5 Å². The Morgan fingerprint density at radius 2 is 1.75 bits per heavy atom. The first-order valence-corrected chi connectivity index (χ1v) is 6.81. The Hall–Kier alpha value is -2.00. The average molecular weight is 271 g/mol. The van der Waals surface area contributed by atoms with Crippen molar-refractivity contribution in [3.8, 4) is 11.5 Å². The molecule has 2 N–H and O–H groups in total. The van der Waals surface area contributed by atoms with Gasteiger partial charge in [0.1, 0.15) is 11.5 Å². The molecule has 0 bridgehead atoms. The molecule has 0 saturated carbocycles. The summed E-state index contributed by atoms with van der Waals surface area (Å²) < 4.78 is 11.0. The Balaban J connectivity index is 1.92. The Kier molecular flexibility index (Phi) is 5.02. The van der Waals surface area contributed by atoms with E-state index < -0.39 is 0 Å². The third-order valence-electron chi connectivity index (χ3n) is 3.22. The van der Waals surface area contributed by atoms with Crippen LogP contribution in [0.3, 0.4) is 0 Å². The van der Waals surface area contributed by atoms with Gasteiger partial charge in [0, 0.05) is 18.0 Å². The number of nitrogens with two attached hydrogens (primary N) is 1. The average Bonchev–Trinajstić information content (AvgIpc) is 2.48. The lowest BCUT2D eigenvalue weighted by atomic mass is 10.1. The van der Waals surface area contributed by atoms with E-state index in [1.807, 2.05) is 43.3 Å². The molecule has 0 radical (unpaired) electrons. The molecular weight excluding hydrogens is 250 g/mol. The van der Waals surface area contributed by atoms with E-state index in [9.17, 15) is 0 Å². The monoisotopic (exact) mass is 271 g/mol. The molecule has 0 aromatic heterocycles. The fourth-order valence-corrected chi connectivity index (χ4v) is 2.06. The molecule has 0 aliphatic heterocycles. The standard InChI is InChI=1S/C17H21NO2/c1-13(18)16-5-3-4-6-17(16)20-12-11-14-7-9-15(19-2)10-8-14/h3-10,13H,11-12,18H2,1-2H3/t13-/m0/s1. The van der Waals surface area contributed by atoms with Crippen LogP contribution in [0.15, 0.2) is 48.5 Å². The van der Waals surface area contributed by atoms with E-state index >= 15 is 0 Å². The van der Waals surface area contributed by atoms with Crippen molar-refractivity contribution >= 4 is 0 Å². The number of ether oxygens (including phenoxy) is 2. The minimum Gasteiger partial charge on any atom is -0.497 e. The highest BCUT2D eigenvalue weighted by atomic mass is 16.5. The minimum absolute atomic E-state index is 0.0211. The van der Waals surface area contributed by atoms with Crippen molar-refractivity contribution < 1.29 is 9.47 Å². The zero-order valence-electron chi connectivity index (χ0n) is 12.0. The molecule has 0 unspecified atom stereocenters. The number of rotatable bonds is 6. The summed E-state index contributed by atoms with van der Waals surface area (Å²) in [5.74, 6) is 1.74. The van der Waals surface area contributed by atoms with Crippen molar-refractivity contribution in [2.45, 2.75) is 19.4 Å². The minimum atomic E-state index is -0.0211. The first-order chi connectivity index (χ1) is 9.70. The Morgan fingerprint density at radius 1 is 1.05 bits per heavy atom. The summed E-state index contributed by atoms with van der Waals surface area (Å²) in [5, 5.41) is 0. The van der Waals surface area contributed by atoms with Crippen molar-refractivity contribution in [2.24, 2.45) is 5.73 Å². The van der Waals surface area contributed by atoms with Crippen LogP contribution >= 0.6 is 0 Å². The molecule has 3 heteroatoms. The molecule has 0 aliphatic carbocycles. The van der Waals surface area contributed by atoms with Gasteiger partial charge in [-0.05, 0) is 30.7 Å². The molecule has 2 aromatic rings. The van der Waals surface area contributed by atoms with Crippen LogP contribution in [0.2, 0.25) is 0 Å². The molecule has 0 aliphatic rings. The van der Waals surface area contributed by atoms with Crippen LogP contribution in [0.1, 0.15) is 24.1 Å². The summed E-state index contributed by atoms with van der Waals surface area (Å²) in [4.78, 5) is 0. The molecule has 0 fully saturated rings. The summed E-state index contributed by atoms with van der Waals surface area (Å²) in [6, 6.07) is 15.9. The highest BCUT2D eigenvalue weighted by Crippen LogP contribution is 2.23. The summed E-state index contributed by atoms with van der Waals surface area (Å²) in [6.07, 6.45) is 0.858. The van der Waals surface area contributed by atoms with Gasteiger partial charge in [-0.3, -0.25) is 0 Å². The largest absolute Gasteiger partial charge is 0.497 e. The highest BCUT2D eigenvalue weighted by Gasteiger charge is 2.06. The smallest absolute Gasteiger partial charge is 0.124 e. The zero-order valence-corrected chi connectivity index (χ0v) is 12.0. The SMILES string of the molecule is COc1ccc(CCOc2ccccc2[C@H](C)N)cc1. The lowest BCUT2D eigenvalue weighted by Crippen LogP contribution is -2.09. The van der Waals surface area contributed by atoms with E-state index in [1.165, 1.54) is 5.56 Å². The third-order valence-corrected chi connectivity index (χ3v) is 3.22. The second-order valence-electron chi connectivity index (χ2n) is 4.77. The Bertz CT molecular complexity index is 535. The van der Waals surface area contributed by atoms with Crippen molar-refractivity contribution in [1.29, 1.82) is 0 Å². The predicted molar refractivity (Wildman–Crippen MR) is 81.2 cm³/mol. The van der Waals surface area contributed by atoms with E-state index in [-0.39, 0.29) is 6.04 Å². The van der Waals surface area contributed by atoms with Gasteiger partial charge < -0.3 is 15.2 Å². The molecule has 1 atom stereocenters. The molecule has 0 saturated heterocycles. The third kappa shape index (κ3) is 3.75. The highest BCUT2D eigenvalue weighted by molar-refractivity contribution is 5.35. The summed E-state index contributed by atoms with van der Waals surface area (Å²) in [5.41, 5.74) is 8.21. The van der Waals surface area contributed by atoms with Gasteiger partial charge in [-0.1, -0.05) is 30.3 Å². The molecule has 2 rings (SSSR count). The molecule has 2 aromatic carbocycles. The van der Waals surface area contributed by atoms with E-state index in [4.69, 9.17) is 15.2 Å². The maximum absolute atomic E-state index is 5.94. The van der Waals surface area contributed by atoms with Crippen LogP contribution in [0.4, 0.5) is 0 Å². The van der Waals surface area contributed by atoms with Gasteiger partial charge in [-0.25, -0.2) is 0 Å². The van der Waals surface area contributed by atoms with Gasteiger partial charge in [0.25, 0.3) is 0 Å². The van der Waals surface area contributed by atoms with Gasteiger partial charge in [0.05, 0.1) is 13.7 Å². The lowest BCUT2D eigenvalue weighted by molar-refractivity contribution is 0.317. The van der Waals surface area contributed by atoms with Gasteiger partial charge in [-0.2, -0.15) is 0 Å². The van der Waals surface area contributed by atoms with E-state index in [0.717, 1.165) is 23.5 Å². The second kappa shape index (κ2) is 6.96. The summed E-state index contributed by atoms with van der Waals surface area (Å²) in [7, 11) is 1.67. The Labute approximate surface area is 120 Å². The van der Waals surface area contributed by atoms with Gasteiger partial charge in [0.2, 0.25) is 0 Å². The lowest BCUT2D eigenvalue weighted by Gasteiger charge is -2.13. The van der Waals surface area contributed by atoms with Crippen molar-refractivity contribution in [1.82, 2.24) is 0 Å². The van der Waals surface area contributed by atoms with E-state index in [2.05, 4.69) is 12.1 Å². The zero-order chi connectivity index (χ0) is 14.4. The molecular formula is C17H21NO2. The fraction of sp³-hybridized carbons (Fsp3) is 0.294. The van der Waals surface area contributed by atoms with E-state index in [0.29, 0.717) is 6.61 Å². The van der Waals surface area contributed by atoms with E-state index in [1.54, 1.807) is 7.11 Å². The van der Waals surface area contributed by atoms with Crippen molar-refractivity contribution in [3.05, 3.63) is 59.7 Å². The summed E-state index contributed by atoms with van der Waals surface area (Å²) in [6.45, 7) is 2.60. The molecule has 0 spiro atoms. The summed E-state index contributed by atoms with van der Waals surface area (Å²) >= 11 is 0. The number of benzene rings is 2.